The smallest absolute Gasteiger partial charge is 0.326 e. The Balaban J connectivity index is 1.78. The van der Waals surface area contributed by atoms with Crippen LogP contribution in [-0.2, 0) is 4.79 Å². The number of piperidine rings is 1. The number of likely N-dealkylation sites (tertiary alicyclic amines) is 2. The van der Waals surface area contributed by atoms with E-state index in [1.165, 1.54) is 17.7 Å². The van der Waals surface area contributed by atoms with E-state index in [0.29, 0.717) is 25.4 Å². The maximum Gasteiger partial charge on any atom is 0.326 e. The van der Waals surface area contributed by atoms with Crippen LogP contribution in [0.25, 0.3) is 0 Å². The predicted octanol–water partition coefficient (Wildman–Crippen LogP) is 0.977. The molecule has 114 valence electrons. The minimum Gasteiger partial charge on any atom is -0.480 e. The van der Waals surface area contributed by atoms with E-state index in [1.54, 1.807) is 0 Å². The molecule has 2 fully saturated rings. The fourth-order valence-corrected chi connectivity index (χ4v) is 3.05. The van der Waals surface area contributed by atoms with Crippen LogP contribution in [0.5, 0.6) is 0 Å². The summed E-state index contributed by atoms with van der Waals surface area (Å²) in [5.74, 6) is -0.531. The van der Waals surface area contributed by atoms with Gasteiger partial charge in [-0.05, 0) is 44.7 Å². The van der Waals surface area contributed by atoms with Crippen molar-refractivity contribution in [2.45, 2.75) is 38.6 Å². The summed E-state index contributed by atoms with van der Waals surface area (Å²) in [6.07, 6.45) is 3.90. The first-order chi connectivity index (χ1) is 9.58. The van der Waals surface area contributed by atoms with Gasteiger partial charge in [-0.1, -0.05) is 6.92 Å². The van der Waals surface area contributed by atoms with Gasteiger partial charge >= 0.3 is 12.0 Å². The van der Waals surface area contributed by atoms with Crippen LogP contribution in [0, 0.1) is 5.92 Å². The van der Waals surface area contributed by atoms with E-state index >= 15 is 0 Å². The fraction of sp³-hybridized carbons (Fsp3) is 0.857. The topological polar surface area (TPSA) is 72.9 Å². The second-order valence-corrected chi connectivity index (χ2v) is 5.96. The van der Waals surface area contributed by atoms with Gasteiger partial charge in [0, 0.05) is 19.6 Å². The van der Waals surface area contributed by atoms with Crippen molar-refractivity contribution in [2.75, 3.05) is 32.7 Å². The van der Waals surface area contributed by atoms with E-state index in [4.69, 9.17) is 0 Å². The minimum atomic E-state index is -0.897. The van der Waals surface area contributed by atoms with Gasteiger partial charge in [0.05, 0.1) is 0 Å². The van der Waals surface area contributed by atoms with Crippen LogP contribution >= 0.6 is 0 Å². The maximum absolute atomic E-state index is 12.1. The standard InChI is InChI=1S/C14H25N3O3/c1-11-4-8-17(12(10-11)13(18)19)14(20)15-5-9-16-6-2-3-7-16/h11-12H,2-10H2,1H3,(H,15,20)(H,18,19). The van der Waals surface area contributed by atoms with Crippen molar-refractivity contribution in [3.63, 3.8) is 0 Å². The third kappa shape index (κ3) is 3.85. The molecule has 0 spiro atoms. The lowest BCUT2D eigenvalue weighted by molar-refractivity contribution is -0.143. The Kier molecular flexibility index (Phi) is 5.23. The van der Waals surface area contributed by atoms with Crippen molar-refractivity contribution >= 4 is 12.0 Å². The lowest BCUT2D eigenvalue weighted by Gasteiger charge is -2.36. The monoisotopic (exact) mass is 283 g/mol. The van der Waals surface area contributed by atoms with Crippen molar-refractivity contribution in [1.82, 2.24) is 15.1 Å². The largest absolute Gasteiger partial charge is 0.480 e. The second kappa shape index (κ2) is 6.92. The minimum absolute atomic E-state index is 0.233. The molecule has 20 heavy (non-hydrogen) atoms. The normalized spacial score (nSPS) is 27.6. The summed E-state index contributed by atoms with van der Waals surface area (Å²) in [7, 11) is 0. The molecule has 6 nitrogen and oxygen atoms in total. The first kappa shape index (κ1) is 15.1. The van der Waals surface area contributed by atoms with Crippen molar-refractivity contribution in [3.8, 4) is 0 Å². The Hall–Kier alpha value is -1.30. The number of carbonyl (C=O) groups excluding carboxylic acids is 1. The Morgan fingerprint density at radius 1 is 1.25 bits per heavy atom. The van der Waals surface area contributed by atoms with E-state index in [1.807, 2.05) is 6.92 Å². The molecule has 0 radical (unpaired) electrons. The third-order valence-electron chi connectivity index (χ3n) is 4.31. The van der Waals surface area contributed by atoms with Gasteiger partial charge in [-0.3, -0.25) is 0 Å². The SMILES string of the molecule is CC1CCN(C(=O)NCCN2CCCC2)C(C(=O)O)C1. The highest BCUT2D eigenvalue weighted by atomic mass is 16.4. The number of hydrogen-bond donors (Lipinski definition) is 2. The number of hydrogen-bond acceptors (Lipinski definition) is 3. The summed E-state index contributed by atoms with van der Waals surface area (Å²) in [6.45, 7) is 6.24. The van der Waals surface area contributed by atoms with Gasteiger partial charge in [0.2, 0.25) is 0 Å². The molecule has 0 aromatic heterocycles. The summed E-state index contributed by atoms with van der Waals surface area (Å²) in [6, 6.07) is -0.908. The first-order valence-electron chi connectivity index (χ1n) is 7.57. The van der Waals surface area contributed by atoms with Gasteiger partial charge in [-0.2, -0.15) is 0 Å². The Bertz CT molecular complexity index is 356. The molecule has 0 aromatic carbocycles. The molecule has 6 heteroatoms. The van der Waals surface area contributed by atoms with Crippen LogP contribution in [0.4, 0.5) is 4.79 Å². The molecule has 2 saturated heterocycles. The molecule has 2 aliphatic heterocycles. The lowest BCUT2D eigenvalue weighted by Crippen LogP contribution is -2.54. The maximum atomic E-state index is 12.1. The van der Waals surface area contributed by atoms with E-state index in [-0.39, 0.29) is 6.03 Å². The summed E-state index contributed by atoms with van der Waals surface area (Å²) in [4.78, 5) is 27.2. The molecule has 2 heterocycles. The van der Waals surface area contributed by atoms with Crippen molar-refractivity contribution in [3.05, 3.63) is 0 Å². The summed E-state index contributed by atoms with van der Waals surface area (Å²) >= 11 is 0. The van der Waals surface area contributed by atoms with E-state index in [0.717, 1.165) is 26.1 Å². The first-order valence-corrected chi connectivity index (χ1v) is 7.57. The molecule has 2 rings (SSSR count). The number of amides is 2. The molecule has 2 amide bonds. The highest BCUT2D eigenvalue weighted by molar-refractivity contribution is 5.82. The third-order valence-corrected chi connectivity index (χ3v) is 4.31. The number of carboxylic acid groups (broad SMARTS) is 1. The molecular weight excluding hydrogens is 258 g/mol. The van der Waals surface area contributed by atoms with Gasteiger partial charge in [0.25, 0.3) is 0 Å². The number of nitrogens with zero attached hydrogens (tertiary/aromatic N) is 2. The van der Waals surface area contributed by atoms with Gasteiger partial charge in [-0.25, -0.2) is 9.59 Å². The average Bonchev–Trinajstić information content (AvgIpc) is 2.91. The summed E-state index contributed by atoms with van der Waals surface area (Å²) in [5, 5.41) is 12.1. The van der Waals surface area contributed by atoms with Gasteiger partial charge in [-0.15, -0.1) is 0 Å². The quantitative estimate of drug-likeness (QED) is 0.806. The highest BCUT2D eigenvalue weighted by Crippen LogP contribution is 2.22. The molecule has 0 aromatic rings. The molecule has 2 unspecified atom stereocenters. The number of carbonyl (C=O) groups is 2. The average molecular weight is 283 g/mol. The number of urea groups is 1. The van der Waals surface area contributed by atoms with Crippen LogP contribution in [0.1, 0.15) is 32.6 Å². The van der Waals surface area contributed by atoms with Crippen LogP contribution in [0.15, 0.2) is 0 Å². The number of rotatable bonds is 4. The summed E-state index contributed by atoms with van der Waals surface area (Å²) < 4.78 is 0. The molecule has 0 bridgehead atoms. The van der Waals surface area contributed by atoms with E-state index in [2.05, 4.69) is 10.2 Å². The molecule has 2 atom stereocenters. The predicted molar refractivity (Wildman–Crippen MR) is 75.6 cm³/mol. The zero-order valence-electron chi connectivity index (χ0n) is 12.2. The van der Waals surface area contributed by atoms with Crippen LogP contribution in [0.3, 0.4) is 0 Å². The molecule has 2 aliphatic rings. The second-order valence-electron chi connectivity index (χ2n) is 5.96. The van der Waals surface area contributed by atoms with Gasteiger partial charge in [0.1, 0.15) is 6.04 Å². The number of aliphatic carboxylic acids is 1. The zero-order valence-corrected chi connectivity index (χ0v) is 12.2. The molecular formula is C14H25N3O3. The van der Waals surface area contributed by atoms with Gasteiger partial charge in [0.15, 0.2) is 0 Å². The Morgan fingerprint density at radius 2 is 1.95 bits per heavy atom. The Labute approximate surface area is 120 Å². The van der Waals surface area contributed by atoms with Crippen molar-refractivity contribution in [1.29, 1.82) is 0 Å². The number of carboxylic acids is 1. The van der Waals surface area contributed by atoms with Crippen LogP contribution < -0.4 is 5.32 Å². The molecule has 2 N–H and O–H groups in total. The summed E-state index contributed by atoms with van der Waals surface area (Å²) in [5.41, 5.74) is 0. The van der Waals surface area contributed by atoms with Crippen LogP contribution in [-0.4, -0.2) is 65.7 Å². The fourth-order valence-electron chi connectivity index (χ4n) is 3.05. The Morgan fingerprint density at radius 3 is 2.60 bits per heavy atom. The van der Waals surface area contributed by atoms with E-state index < -0.39 is 12.0 Å². The highest BCUT2D eigenvalue weighted by Gasteiger charge is 2.34. The molecule has 0 aliphatic carbocycles. The van der Waals surface area contributed by atoms with E-state index in [9.17, 15) is 14.7 Å². The molecule has 0 saturated carbocycles. The number of nitrogens with one attached hydrogen (secondary N) is 1. The van der Waals surface area contributed by atoms with Crippen molar-refractivity contribution < 1.29 is 14.7 Å². The zero-order chi connectivity index (χ0) is 14.5. The van der Waals surface area contributed by atoms with Crippen molar-refractivity contribution in [2.24, 2.45) is 5.92 Å². The van der Waals surface area contributed by atoms with Crippen LogP contribution in [0.2, 0.25) is 0 Å². The lowest BCUT2D eigenvalue weighted by atomic mass is 9.93. The van der Waals surface area contributed by atoms with Gasteiger partial charge < -0.3 is 20.2 Å².